The molecule has 0 fully saturated rings. The molecule has 1 N–H and O–H groups in total. The fraction of sp³-hybridized carbons (Fsp3) is 0. The standard InChI is InChI=1S/2C26H22P2.ClHO4.Rh/c2*1-5-13-23(14-6-1)27(24-15-7-2-8-16-24)21-22-28(25-17-9-3-10-18-25)26-19-11-4-12-20-26;2-1(3,4)5;/h2*1-22H;(H,2,3,4,5);/p+4/b2*22-21-;;. The van der Waals surface area contributed by atoms with E-state index < -0.39 is 41.9 Å². The average molecular weight is 1000 g/mol. The Balaban J connectivity index is 0.000000208. The van der Waals surface area contributed by atoms with Crippen LogP contribution in [0.3, 0.4) is 0 Å². The van der Waals surface area contributed by atoms with Gasteiger partial charge in [-0.3, -0.25) is 0 Å². The first-order valence-corrected chi connectivity index (χ1v) is 27.3. The van der Waals surface area contributed by atoms with Gasteiger partial charge in [0, 0.05) is 19.5 Å². The second kappa shape index (κ2) is 26.4. The van der Waals surface area contributed by atoms with Crippen molar-refractivity contribution in [2.45, 2.75) is 0 Å². The Labute approximate surface area is 385 Å². The van der Waals surface area contributed by atoms with E-state index in [1.807, 2.05) is 0 Å². The molecule has 0 amide bonds. The summed E-state index contributed by atoms with van der Waals surface area (Å²) in [5.41, 5.74) is 0. The van der Waals surface area contributed by atoms with Crippen LogP contribution >= 0.6 is 31.7 Å². The zero-order valence-electron chi connectivity index (χ0n) is 33.8. The summed E-state index contributed by atoms with van der Waals surface area (Å²) in [6.45, 7) is 0. The molecule has 0 aromatic heterocycles. The first kappa shape index (κ1) is 48.7. The first-order chi connectivity index (χ1) is 29.8. The second-order valence-corrected chi connectivity index (χ2v) is 23.7. The van der Waals surface area contributed by atoms with Crippen LogP contribution < -0.4 is 56.4 Å². The van der Waals surface area contributed by atoms with Crippen molar-refractivity contribution in [1.29, 1.82) is 0 Å². The van der Waals surface area contributed by atoms with Gasteiger partial charge < -0.3 is 0 Å². The van der Waals surface area contributed by atoms with E-state index >= 15 is 0 Å². The molecule has 1 radical (unpaired) electrons. The molecule has 4 nitrogen and oxygen atoms in total. The van der Waals surface area contributed by atoms with Gasteiger partial charge in [0.2, 0.25) is 0 Å². The fourth-order valence-corrected chi connectivity index (χ4v) is 16.7. The molecule has 0 unspecified atom stereocenters. The molecule has 313 valence electrons. The summed E-state index contributed by atoms with van der Waals surface area (Å²) < 4.78 is 32.7. The molecule has 0 heterocycles. The van der Waals surface area contributed by atoms with Crippen molar-refractivity contribution < 1.29 is 48.4 Å². The van der Waals surface area contributed by atoms with Crippen LogP contribution in [0.5, 0.6) is 0 Å². The largest absolute Gasteiger partial charge is 0.183 e. The zero-order valence-corrected chi connectivity index (χ0v) is 40.2. The molecular formula is C52H49ClO4P4Rh+4. The van der Waals surface area contributed by atoms with Crippen molar-refractivity contribution in [2.24, 2.45) is 0 Å². The third kappa shape index (κ3) is 16.1. The van der Waals surface area contributed by atoms with E-state index in [2.05, 4.69) is 266 Å². The van der Waals surface area contributed by atoms with Crippen LogP contribution in [-0.2, 0) is 19.5 Å². The summed E-state index contributed by atoms with van der Waals surface area (Å²) in [6.07, 6.45) is 0. The van der Waals surface area contributed by atoms with Gasteiger partial charge in [0.15, 0.2) is 0 Å². The Bertz CT molecular complexity index is 1970. The van der Waals surface area contributed by atoms with E-state index in [-0.39, 0.29) is 19.5 Å². The van der Waals surface area contributed by atoms with Gasteiger partial charge in [-0.25, -0.2) is 0 Å². The van der Waals surface area contributed by atoms with Crippen molar-refractivity contribution in [3.8, 4) is 0 Å². The summed E-state index contributed by atoms with van der Waals surface area (Å²) in [6, 6.07) is 87.5. The van der Waals surface area contributed by atoms with Gasteiger partial charge in [0.05, 0.1) is 46.6 Å². The van der Waals surface area contributed by atoms with Gasteiger partial charge in [0.25, 0.3) is 0 Å². The summed E-state index contributed by atoms with van der Waals surface area (Å²) in [5.74, 6) is 10.0. The van der Waals surface area contributed by atoms with Crippen molar-refractivity contribution >= 4 is 74.1 Å². The maximum absolute atomic E-state index is 8.60. The zero-order chi connectivity index (χ0) is 42.5. The molecule has 0 saturated heterocycles. The normalized spacial score (nSPS) is 11.2. The van der Waals surface area contributed by atoms with Crippen molar-refractivity contribution in [3.63, 3.8) is 0 Å². The minimum absolute atomic E-state index is 0. The number of halogens is 1. The third-order valence-electron chi connectivity index (χ3n) is 9.51. The number of rotatable bonds is 12. The summed E-state index contributed by atoms with van der Waals surface area (Å²) in [5, 5.41) is 11.4. The molecule has 8 aromatic carbocycles. The molecular weight excluding hydrogens is 951 g/mol. The summed E-state index contributed by atoms with van der Waals surface area (Å²) in [4.78, 5) is 0. The van der Waals surface area contributed by atoms with Gasteiger partial charge in [-0.05, 0) is 97.1 Å². The molecule has 0 spiro atoms. The van der Waals surface area contributed by atoms with Crippen molar-refractivity contribution in [1.82, 2.24) is 0 Å². The van der Waals surface area contributed by atoms with Gasteiger partial charge in [0.1, 0.15) is 65.7 Å². The van der Waals surface area contributed by atoms with E-state index in [0.717, 1.165) is 0 Å². The smallest absolute Gasteiger partial charge is 0.102 e. The molecule has 8 rings (SSSR count). The topological polar surface area (TPSA) is 89.4 Å². The number of hydrogen-bond acceptors (Lipinski definition) is 4. The number of benzene rings is 8. The first-order valence-electron chi connectivity index (χ1n) is 19.7. The molecule has 8 aromatic rings. The molecule has 0 bridgehead atoms. The quantitative estimate of drug-likeness (QED) is 0.116. The monoisotopic (exact) mass is 999 g/mol. The maximum atomic E-state index is 8.60. The molecule has 62 heavy (non-hydrogen) atoms. The predicted molar refractivity (Wildman–Crippen MR) is 262 cm³/mol. The van der Waals surface area contributed by atoms with Crippen LogP contribution in [0, 0.1) is 10.2 Å². The van der Waals surface area contributed by atoms with E-state index in [9.17, 15) is 0 Å². The Morgan fingerprint density at radius 3 is 0.452 bits per heavy atom. The molecule has 0 atom stereocenters. The van der Waals surface area contributed by atoms with Crippen LogP contribution in [0.15, 0.2) is 266 Å². The van der Waals surface area contributed by atoms with E-state index in [1.54, 1.807) is 0 Å². The molecule has 0 aliphatic heterocycles. The van der Waals surface area contributed by atoms with E-state index in [4.69, 9.17) is 18.6 Å². The third-order valence-corrected chi connectivity index (χ3v) is 19.8. The van der Waals surface area contributed by atoms with E-state index in [0.29, 0.717) is 0 Å². The summed E-state index contributed by atoms with van der Waals surface area (Å²) >= 11 is 0. The van der Waals surface area contributed by atoms with Crippen LogP contribution in [-0.4, -0.2) is 4.66 Å². The van der Waals surface area contributed by atoms with Crippen LogP contribution in [0.2, 0.25) is 0 Å². The molecule has 0 aliphatic carbocycles. The van der Waals surface area contributed by atoms with E-state index in [1.165, 1.54) is 42.4 Å². The summed E-state index contributed by atoms with van der Waals surface area (Å²) in [7, 11) is -8.55. The van der Waals surface area contributed by atoms with Gasteiger partial charge in [-0.1, -0.05) is 146 Å². The Morgan fingerprint density at radius 1 is 0.258 bits per heavy atom. The Hall–Kier alpha value is -4.29. The molecule has 0 saturated carbocycles. The molecule has 10 heteroatoms. The number of hydrogen-bond donors (Lipinski definition) is 1. The van der Waals surface area contributed by atoms with Gasteiger partial charge >= 0.3 is 0 Å². The van der Waals surface area contributed by atoms with Crippen LogP contribution in [0.25, 0.3) is 0 Å². The Kier molecular flexibility index (Phi) is 20.7. The average Bonchev–Trinajstić information content (AvgIpc) is 3.31. The van der Waals surface area contributed by atoms with Gasteiger partial charge in [-0.2, -0.15) is 14.0 Å². The molecule has 0 aliphatic rings. The van der Waals surface area contributed by atoms with Crippen LogP contribution in [0.1, 0.15) is 0 Å². The fourth-order valence-electron chi connectivity index (χ4n) is 6.71. The van der Waals surface area contributed by atoms with Gasteiger partial charge in [-0.15, -0.1) is 0 Å². The minimum Gasteiger partial charge on any atom is -0.183 e. The minimum atomic E-state index is -4.69. The maximum Gasteiger partial charge on any atom is 0.102 e. The Morgan fingerprint density at radius 2 is 0.355 bits per heavy atom. The van der Waals surface area contributed by atoms with Crippen molar-refractivity contribution in [2.75, 3.05) is 0 Å². The SMILES string of the molecule is C(=C/[PH+](c1ccccc1)c1ccccc1)/[PH+](c1ccccc1)c1ccccc1.C(=C/[PH+](c1ccccc1)c1ccccc1)/[PH+](c1ccccc1)c1ccccc1.[O-][Cl+3]([O-])([O-])O.[Rh]. The predicted octanol–water partition coefficient (Wildman–Crippen LogP) is 6.25. The second-order valence-electron chi connectivity index (χ2n) is 13.6. The van der Waals surface area contributed by atoms with Crippen LogP contribution in [0.4, 0.5) is 0 Å². The van der Waals surface area contributed by atoms with Crippen molar-refractivity contribution in [3.05, 3.63) is 266 Å².